The second-order valence-corrected chi connectivity index (χ2v) is 5.89. The molecule has 0 bridgehead atoms. The molecule has 0 heterocycles. The molecule has 1 unspecified atom stereocenters. The van der Waals surface area contributed by atoms with Crippen molar-refractivity contribution in [2.24, 2.45) is 5.73 Å². The summed E-state index contributed by atoms with van der Waals surface area (Å²) in [5, 5.41) is 0. The van der Waals surface area contributed by atoms with Gasteiger partial charge in [-0.3, -0.25) is 0 Å². The van der Waals surface area contributed by atoms with Gasteiger partial charge < -0.3 is 10.5 Å². The lowest BCUT2D eigenvalue weighted by molar-refractivity contribution is 0.401. The lowest BCUT2D eigenvalue weighted by Gasteiger charge is -2.32. The predicted molar refractivity (Wildman–Crippen MR) is 84.1 cm³/mol. The molecule has 3 heteroatoms. The Morgan fingerprint density at radius 2 is 1.81 bits per heavy atom. The summed E-state index contributed by atoms with van der Waals surface area (Å²) in [5.41, 5.74) is 8.35. The average molecular weight is 287 g/mol. The van der Waals surface area contributed by atoms with Crippen molar-refractivity contribution in [1.29, 1.82) is 0 Å². The van der Waals surface area contributed by atoms with Gasteiger partial charge in [-0.1, -0.05) is 38.1 Å². The van der Waals surface area contributed by atoms with Crippen molar-refractivity contribution in [2.75, 3.05) is 7.11 Å². The van der Waals surface area contributed by atoms with Crippen LogP contribution < -0.4 is 10.5 Å². The van der Waals surface area contributed by atoms with Crippen LogP contribution in [0.1, 0.15) is 25.0 Å². The van der Waals surface area contributed by atoms with Gasteiger partial charge in [0.1, 0.15) is 11.6 Å². The van der Waals surface area contributed by atoms with E-state index in [1.54, 1.807) is 19.2 Å². The standard InChI is InChI=1S/C18H22FNO/c1-18(2,14-7-9-15(19)10-8-14)17(20)12-13-5-4-6-16(11-13)21-3/h4-11,17H,12,20H2,1-3H3. The zero-order valence-corrected chi connectivity index (χ0v) is 12.8. The van der Waals surface area contributed by atoms with E-state index in [4.69, 9.17) is 10.5 Å². The van der Waals surface area contributed by atoms with Crippen LogP contribution in [0.25, 0.3) is 0 Å². The highest BCUT2D eigenvalue weighted by Crippen LogP contribution is 2.28. The van der Waals surface area contributed by atoms with Gasteiger partial charge in [-0.2, -0.15) is 0 Å². The maximum absolute atomic E-state index is 13.1. The molecule has 0 amide bonds. The van der Waals surface area contributed by atoms with Gasteiger partial charge in [0.15, 0.2) is 0 Å². The van der Waals surface area contributed by atoms with Crippen LogP contribution in [0.2, 0.25) is 0 Å². The van der Waals surface area contributed by atoms with Crippen LogP contribution in [0.15, 0.2) is 48.5 Å². The fourth-order valence-corrected chi connectivity index (χ4v) is 2.40. The third-order valence-electron chi connectivity index (χ3n) is 4.10. The van der Waals surface area contributed by atoms with E-state index < -0.39 is 0 Å². The lowest BCUT2D eigenvalue weighted by atomic mass is 9.76. The van der Waals surface area contributed by atoms with Gasteiger partial charge in [0, 0.05) is 11.5 Å². The monoisotopic (exact) mass is 287 g/mol. The highest BCUT2D eigenvalue weighted by molar-refractivity contribution is 5.31. The molecule has 0 fully saturated rings. The smallest absolute Gasteiger partial charge is 0.123 e. The SMILES string of the molecule is COc1cccc(CC(N)C(C)(C)c2ccc(F)cc2)c1. The molecule has 2 N–H and O–H groups in total. The van der Waals surface area contributed by atoms with Crippen molar-refractivity contribution < 1.29 is 9.13 Å². The summed E-state index contributed by atoms with van der Waals surface area (Å²) in [6, 6.07) is 14.4. The van der Waals surface area contributed by atoms with Crippen molar-refractivity contribution in [3.8, 4) is 5.75 Å². The second-order valence-electron chi connectivity index (χ2n) is 5.89. The third-order valence-corrected chi connectivity index (χ3v) is 4.10. The predicted octanol–water partition coefficient (Wildman–Crippen LogP) is 3.68. The molecular formula is C18H22FNO. The number of hydrogen-bond acceptors (Lipinski definition) is 2. The van der Waals surface area contributed by atoms with Gasteiger partial charge in [0.2, 0.25) is 0 Å². The van der Waals surface area contributed by atoms with Crippen LogP contribution in [0, 0.1) is 5.82 Å². The first kappa shape index (κ1) is 15.5. The van der Waals surface area contributed by atoms with Crippen molar-refractivity contribution >= 4 is 0 Å². The highest BCUT2D eigenvalue weighted by atomic mass is 19.1. The Morgan fingerprint density at radius 3 is 2.43 bits per heavy atom. The zero-order chi connectivity index (χ0) is 15.5. The van der Waals surface area contributed by atoms with E-state index in [1.807, 2.05) is 24.3 Å². The molecule has 2 nitrogen and oxygen atoms in total. The molecule has 0 aliphatic carbocycles. The first-order chi connectivity index (χ1) is 9.93. The molecular weight excluding hydrogens is 265 g/mol. The fraction of sp³-hybridized carbons (Fsp3) is 0.333. The Bertz CT molecular complexity index is 592. The molecule has 0 aromatic heterocycles. The topological polar surface area (TPSA) is 35.2 Å². The average Bonchev–Trinajstić information content (AvgIpc) is 2.48. The minimum absolute atomic E-state index is 0.0740. The molecule has 0 aliphatic rings. The lowest BCUT2D eigenvalue weighted by Crippen LogP contribution is -2.42. The minimum atomic E-state index is -0.239. The van der Waals surface area contributed by atoms with Crippen LogP contribution in [-0.4, -0.2) is 13.2 Å². The Morgan fingerprint density at radius 1 is 1.14 bits per heavy atom. The number of methoxy groups -OCH3 is 1. The zero-order valence-electron chi connectivity index (χ0n) is 12.8. The number of hydrogen-bond donors (Lipinski definition) is 1. The number of ether oxygens (including phenoxy) is 1. The molecule has 1 atom stereocenters. The number of halogens is 1. The van der Waals surface area contributed by atoms with Crippen LogP contribution in [0.3, 0.4) is 0 Å². The summed E-state index contributed by atoms with van der Waals surface area (Å²) < 4.78 is 18.3. The number of nitrogens with two attached hydrogens (primary N) is 1. The summed E-state index contributed by atoms with van der Waals surface area (Å²) >= 11 is 0. The summed E-state index contributed by atoms with van der Waals surface area (Å²) in [6.45, 7) is 4.18. The Labute approximate surface area is 125 Å². The van der Waals surface area contributed by atoms with Crippen molar-refractivity contribution in [3.05, 3.63) is 65.5 Å². The molecule has 112 valence electrons. The number of rotatable bonds is 5. The van der Waals surface area contributed by atoms with Crippen LogP contribution in [0.4, 0.5) is 4.39 Å². The van der Waals surface area contributed by atoms with Crippen LogP contribution >= 0.6 is 0 Å². The van der Waals surface area contributed by atoms with Crippen LogP contribution in [-0.2, 0) is 11.8 Å². The van der Waals surface area contributed by atoms with Crippen LogP contribution in [0.5, 0.6) is 5.75 Å². The summed E-state index contributed by atoms with van der Waals surface area (Å²) in [7, 11) is 1.65. The number of benzene rings is 2. The second kappa shape index (κ2) is 6.27. The van der Waals surface area contributed by atoms with Gasteiger partial charge >= 0.3 is 0 Å². The highest BCUT2D eigenvalue weighted by Gasteiger charge is 2.28. The Balaban J connectivity index is 2.17. The largest absolute Gasteiger partial charge is 0.497 e. The van der Waals surface area contributed by atoms with E-state index in [2.05, 4.69) is 13.8 Å². The molecule has 0 spiro atoms. The third kappa shape index (κ3) is 3.61. The minimum Gasteiger partial charge on any atom is -0.497 e. The Hall–Kier alpha value is -1.87. The van der Waals surface area contributed by atoms with Crippen molar-refractivity contribution in [2.45, 2.75) is 31.7 Å². The van der Waals surface area contributed by atoms with E-state index in [-0.39, 0.29) is 17.3 Å². The molecule has 0 saturated heterocycles. The first-order valence-corrected chi connectivity index (χ1v) is 7.08. The van der Waals surface area contributed by atoms with Gasteiger partial charge in [-0.05, 0) is 41.8 Å². The van der Waals surface area contributed by atoms with Gasteiger partial charge in [-0.25, -0.2) is 4.39 Å². The van der Waals surface area contributed by atoms with Crippen molar-refractivity contribution in [3.63, 3.8) is 0 Å². The van der Waals surface area contributed by atoms with Gasteiger partial charge in [-0.15, -0.1) is 0 Å². The molecule has 0 aliphatic heterocycles. The first-order valence-electron chi connectivity index (χ1n) is 7.08. The summed E-state index contributed by atoms with van der Waals surface area (Å²) in [5.74, 6) is 0.607. The van der Waals surface area contributed by atoms with E-state index in [9.17, 15) is 4.39 Å². The maximum Gasteiger partial charge on any atom is 0.123 e. The molecule has 21 heavy (non-hydrogen) atoms. The van der Waals surface area contributed by atoms with E-state index >= 15 is 0 Å². The van der Waals surface area contributed by atoms with Gasteiger partial charge in [0.05, 0.1) is 7.11 Å². The molecule has 0 saturated carbocycles. The van der Waals surface area contributed by atoms with E-state index in [0.717, 1.165) is 23.3 Å². The summed E-state index contributed by atoms with van der Waals surface area (Å²) in [6.07, 6.45) is 0.738. The van der Waals surface area contributed by atoms with Gasteiger partial charge in [0.25, 0.3) is 0 Å². The normalized spacial score (nSPS) is 13.0. The fourth-order valence-electron chi connectivity index (χ4n) is 2.40. The van der Waals surface area contributed by atoms with Crippen molar-refractivity contribution in [1.82, 2.24) is 0 Å². The molecule has 2 aromatic carbocycles. The quantitative estimate of drug-likeness (QED) is 0.910. The van der Waals surface area contributed by atoms with E-state index in [1.165, 1.54) is 12.1 Å². The summed E-state index contributed by atoms with van der Waals surface area (Å²) in [4.78, 5) is 0. The molecule has 0 radical (unpaired) electrons. The maximum atomic E-state index is 13.1. The van der Waals surface area contributed by atoms with E-state index in [0.29, 0.717) is 0 Å². The Kier molecular flexibility index (Phi) is 4.63. The molecule has 2 rings (SSSR count). The molecule has 2 aromatic rings.